The SMILES string of the molecule is COCCn1ncc(Br)c1C(O)c1cc(Br)sc1Br. The van der Waals surface area contributed by atoms with Gasteiger partial charge in [0.25, 0.3) is 0 Å². The molecule has 0 aromatic carbocycles. The lowest BCUT2D eigenvalue weighted by atomic mass is 10.1. The lowest BCUT2D eigenvalue weighted by Gasteiger charge is -2.13. The Bertz CT molecular complexity index is 570. The van der Waals surface area contributed by atoms with Crippen molar-refractivity contribution >= 4 is 59.1 Å². The highest BCUT2D eigenvalue weighted by molar-refractivity contribution is 9.12. The van der Waals surface area contributed by atoms with Gasteiger partial charge in [-0.15, -0.1) is 11.3 Å². The maximum Gasteiger partial charge on any atom is 0.124 e. The summed E-state index contributed by atoms with van der Waals surface area (Å²) in [5, 5.41) is 14.8. The number of aliphatic hydroxyl groups is 1. The number of hydrogen-bond acceptors (Lipinski definition) is 4. The molecule has 1 atom stereocenters. The van der Waals surface area contributed by atoms with Crippen LogP contribution in [0.25, 0.3) is 0 Å². The molecular weight excluding hydrogens is 464 g/mol. The Hall–Kier alpha value is 0.270. The molecule has 4 nitrogen and oxygen atoms in total. The van der Waals surface area contributed by atoms with Crippen LogP contribution in [0.15, 0.2) is 24.3 Å². The molecule has 0 saturated carbocycles. The van der Waals surface area contributed by atoms with Crippen molar-refractivity contribution in [3.63, 3.8) is 0 Å². The molecule has 8 heteroatoms. The van der Waals surface area contributed by atoms with E-state index in [0.717, 1.165) is 23.3 Å². The molecule has 1 unspecified atom stereocenters. The van der Waals surface area contributed by atoms with Crippen molar-refractivity contribution in [2.75, 3.05) is 13.7 Å². The third-order valence-corrected chi connectivity index (χ3v) is 5.57. The maximum absolute atomic E-state index is 10.6. The van der Waals surface area contributed by atoms with Gasteiger partial charge in [-0.3, -0.25) is 4.68 Å². The average molecular weight is 475 g/mol. The highest BCUT2D eigenvalue weighted by atomic mass is 79.9. The summed E-state index contributed by atoms with van der Waals surface area (Å²) in [5.41, 5.74) is 1.54. The zero-order valence-electron chi connectivity index (χ0n) is 9.94. The van der Waals surface area contributed by atoms with Gasteiger partial charge in [0.2, 0.25) is 0 Å². The van der Waals surface area contributed by atoms with Crippen molar-refractivity contribution in [2.45, 2.75) is 12.6 Å². The van der Waals surface area contributed by atoms with Crippen molar-refractivity contribution in [3.05, 3.63) is 35.6 Å². The minimum atomic E-state index is -0.745. The zero-order valence-corrected chi connectivity index (χ0v) is 15.5. The lowest BCUT2D eigenvalue weighted by Crippen LogP contribution is -2.13. The standard InChI is InChI=1S/C11H11Br3N2O2S/c1-18-3-2-16-9(7(12)5-15-16)10(17)6-4-8(13)19-11(6)14/h4-5,10,17H,2-3H2,1H3. The van der Waals surface area contributed by atoms with Gasteiger partial charge in [-0.05, 0) is 53.9 Å². The van der Waals surface area contributed by atoms with Gasteiger partial charge in [0.05, 0.1) is 37.1 Å². The van der Waals surface area contributed by atoms with E-state index in [-0.39, 0.29) is 0 Å². The minimum Gasteiger partial charge on any atom is -0.383 e. The number of aromatic nitrogens is 2. The quantitative estimate of drug-likeness (QED) is 0.713. The fraction of sp³-hybridized carbons (Fsp3) is 0.364. The highest BCUT2D eigenvalue weighted by Crippen LogP contribution is 2.39. The molecule has 0 aliphatic carbocycles. The third kappa shape index (κ3) is 3.48. The fourth-order valence-electron chi connectivity index (χ4n) is 1.69. The Morgan fingerprint density at radius 2 is 2.21 bits per heavy atom. The van der Waals surface area contributed by atoms with Crippen LogP contribution in [-0.4, -0.2) is 28.6 Å². The van der Waals surface area contributed by atoms with Gasteiger partial charge in [-0.2, -0.15) is 5.10 Å². The van der Waals surface area contributed by atoms with Gasteiger partial charge in [-0.1, -0.05) is 0 Å². The molecule has 104 valence electrons. The minimum absolute atomic E-state index is 0.544. The summed E-state index contributed by atoms with van der Waals surface area (Å²) in [6, 6.07) is 1.90. The lowest BCUT2D eigenvalue weighted by molar-refractivity contribution is 0.171. The molecule has 19 heavy (non-hydrogen) atoms. The van der Waals surface area contributed by atoms with Gasteiger partial charge in [0.15, 0.2) is 0 Å². The second-order valence-electron chi connectivity index (χ2n) is 3.78. The summed E-state index contributed by atoms with van der Waals surface area (Å²) in [4.78, 5) is 0. The molecule has 0 spiro atoms. The summed E-state index contributed by atoms with van der Waals surface area (Å²) in [7, 11) is 1.64. The molecule has 2 aromatic rings. The topological polar surface area (TPSA) is 47.3 Å². The Labute approximate surface area is 140 Å². The van der Waals surface area contributed by atoms with Gasteiger partial charge < -0.3 is 9.84 Å². The van der Waals surface area contributed by atoms with E-state index in [2.05, 4.69) is 52.9 Å². The van der Waals surface area contributed by atoms with Crippen LogP contribution in [0.2, 0.25) is 0 Å². The van der Waals surface area contributed by atoms with Crippen LogP contribution in [0.3, 0.4) is 0 Å². The first-order valence-corrected chi connectivity index (χ1v) is 8.57. The average Bonchev–Trinajstić information content (AvgIpc) is 2.89. The Balaban J connectivity index is 2.35. The summed E-state index contributed by atoms with van der Waals surface area (Å²) in [6.07, 6.45) is 0.939. The number of rotatable bonds is 5. The van der Waals surface area contributed by atoms with Crippen molar-refractivity contribution in [3.8, 4) is 0 Å². The number of halogens is 3. The number of ether oxygens (including phenoxy) is 1. The molecule has 0 aliphatic heterocycles. The van der Waals surface area contributed by atoms with Crippen molar-refractivity contribution in [1.29, 1.82) is 0 Å². The molecule has 0 bridgehead atoms. The number of thiophene rings is 1. The number of aliphatic hydroxyl groups excluding tert-OH is 1. The number of nitrogens with zero attached hydrogens (tertiary/aromatic N) is 2. The van der Waals surface area contributed by atoms with Gasteiger partial charge in [-0.25, -0.2) is 0 Å². The summed E-state index contributed by atoms with van der Waals surface area (Å²) in [6.45, 7) is 1.14. The molecule has 2 heterocycles. The second-order valence-corrected chi connectivity index (χ2v) is 8.38. The molecule has 0 fully saturated rings. The van der Waals surface area contributed by atoms with E-state index in [4.69, 9.17) is 4.74 Å². The van der Waals surface area contributed by atoms with Crippen LogP contribution in [0.5, 0.6) is 0 Å². The van der Waals surface area contributed by atoms with E-state index >= 15 is 0 Å². The first-order chi connectivity index (χ1) is 9.04. The van der Waals surface area contributed by atoms with Gasteiger partial charge in [0, 0.05) is 12.7 Å². The van der Waals surface area contributed by atoms with E-state index in [1.807, 2.05) is 6.07 Å². The van der Waals surface area contributed by atoms with E-state index < -0.39 is 6.10 Å². The largest absolute Gasteiger partial charge is 0.383 e. The van der Waals surface area contributed by atoms with Crippen molar-refractivity contribution in [2.24, 2.45) is 0 Å². The Kier molecular flexibility index (Phi) is 5.62. The van der Waals surface area contributed by atoms with Gasteiger partial charge in [0.1, 0.15) is 6.10 Å². The molecule has 0 amide bonds. The van der Waals surface area contributed by atoms with Crippen LogP contribution in [0, 0.1) is 0 Å². The molecule has 1 N–H and O–H groups in total. The maximum atomic E-state index is 10.6. The number of methoxy groups -OCH3 is 1. The second kappa shape index (κ2) is 6.82. The molecule has 2 rings (SSSR count). The van der Waals surface area contributed by atoms with E-state index in [9.17, 15) is 5.11 Å². The molecule has 0 radical (unpaired) electrons. The summed E-state index contributed by atoms with van der Waals surface area (Å²) in [5.74, 6) is 0. The molecular formula is C11H11Br3N2O2S. The molecule has 0 saturated heterocycles. The van der Waals surface area contributed by atoms with E-state index in [0.29, 0.717) is 13.2 Å². The normalized spacial score (nSPS) is 12.9. The summed E-state index contributed by atoms with van der Waals surface area (Å²) < 4.78 is 9.45. The van der Waals surface area contributed by atoms with E-state index in [1.165, 1.54) is 11.3 Å². The molecule has 0 aliphatic rings. The zero-order chi connectivity index (χ0) is 14.0. The smallest absolute Gasteiger partial charge is 0.124 e. The molecule has 2 aromatic heterocycles. The highest BCUT2D eigenvalue weighted by Gasteiger charge is 2.23. The van der Waals surface area contributed by atoms with Crippen LogP contribution >= 0.6 is 59.1 Å². The van der Waals surface area contributed by atoms with Crippen LogP contribution in [0.1, 0.15) is 17.4 Å². The predicted octanol–water partition coefficient (Wildman–Crippen LogP) is 3.96. The first kappa shape index (κ1) is 15.7. The van der Waals surface area contributed by atoms with E-state index in [1.54, 1.807) is 18.0 Å². The van der Waals surface area contributed by atoms with Crippen molar-refractivity contribution < 1.29 is 9.84 Å². The first-order valence-electron chi connectivity index (χ1n) is 5.37. The van der Waals surface area contributed by atoms with Crippen LogP contribution in [-0.2, 0) is 11.3 Å². The van der Waals surface area contributed by atoms with Crippen LogP contribution < -0.4 is 0 Å². The Morgan fingerprint density at radius 1 is 1.47 bits per heavy atom. The van der Waals surface area contributed by atoms with Crippen molar-refractivity contribution in [1.82, 2.24) is 9.78 Å². The summed E-state index contributed by atoms with van der Waals surface area (Å²) >= 11 is 11.8. The monoisotopic (exact) mass is 472 g/mol. The predicted molar refractivity (Wildman–Crippen MR) is 85.6 cm³/mol. The van der Waals surface area contributed by atoms with Gasteiger partial charge >= 0.3 is 0 Å². The van der Waals surface area contributed by atoms with Crippen LogP contribution in [0.4, 0.5) is 0 Å². The fourth-order valence-corrected chi connectivity index (χ4v) is 5.08. The third-order valence-electron chi connectivity index (χ3n) is 2.58. The Morgan fingerprint density at radius 3 is 2.79 bits per heavy atom. The number of hydrogen-bond donors (Lipinski definition) is 1.